The normalized spacial score (nSPS) is 37.6. The number of hydrogen-bond donors (Lipinski definition) is 0. The first-order valence-electron chi connectivity index (χ1n) is 13.1. The van der Waals surface area contributed by atoms with Gasteiger partial charge in [-0.2, -0.15) is 0 Å². The van der Waals surface area contributed by atoms with Gasteiger partial charge in [-0.1, -0.05) is 69.8 Å². The summed E-state index contributed by atoms with van der Waals surface area (Å²) in [5, 5.41) is 0. The van der Waals surface area contributed by atoms with Crippen LogP contribution in [0.3, 0.4) is 0 Å². The van der Waals surface area contributed by atoms with Gasteiger partial charge in [0.15, 0.2) is 0 Å². The van der Waals surface area contributed by atoms with E-state index in [0.717, 1.165) is 35.5 Å². The van der Waals surface area contributed by atoms with Gasteiger partial charge in [-0.25, -0.2) is 0 Å². The van der Waals surface area contributed by atoms with Crippen molar-refractivity contribution in [3.63, 3.8) is 0 Å². The van der Waals surface area contributed by atoms with Crippen molar-refractivity contribution in [1.29, 1.82) is 0 Å². The maximum absolute atomic E-state index is 2.58. The Kier molecular flexibility index (Phi) is 9.69. The lowest BCUT2D eigenvalue weighted by atomic mass is 9.68. The highest BCUT2D eigenvalue weighted by Gasteiger charge is 2.30. The molecular weight excluding hydrogens is 336 g/mol. The maximum Gasteiger partial charge on any atom is -0.0233 e. The zero-order valence-corrected chi connectivity index (χ0v) is 19.1. The molecule has 0 aromatic carbocycles. The number of allylic oxidation sites excluding steroid dienone is 4. The lowest BCUT2D eigenvalue weighted by molar-refractivity contribution is 0.141. The molecule has 0 spiro atoms. The fourth-order valence-corrected chi connectivity index (χ4v) is 6.73. The van der Waals surface area contributed by atoms with Crippen LogP contribution < -0.4 is 0 Å². The van der Waals surface area contributed by atoms with Gasteiger partial charge in [0.2, 0.25) is 0 Å². The third kappa shape index (κ3) is 7.07. The minimum absolute atomic E-state index is 0.867. The molecule has 3 fully saturated rings. The van der Waals surface area contributed by atoms with Gasteiger partial charge >= 0.3 is 0 Å². The maximum atomic E-state index is 2.58. The molecular formula is C28H48. The van der Waals surface area contributed by atoms with E-state index in [-0.39, 0.29) is 0 Å². The standard InChI is InChI=1S/C28H48/c1-3-7-23-11-13-25(14-12-23)9-5-6-10-26-17-21-28(22-18-26)27-19-15-24(8-4-2)16-20-27/h3,5,7,9,23-28H,4,6,8,10-22H2,1-2H3/b7-3+,9-5+. The van der Waals surface area contributed by atoms with E-state index < -0.39 is 0 Å². The van der Waals surface area contributed by atoms with Crippen molar-refractivity contribution in [3.05, 3.63) is 24.3 Å². The summed E-state index contributed by atoms with van der Waals surface area (Å²) in [7, 11) is 0. The average molecular weight is 385 g/mol. The van der Waals surface area contributed by atoms with Gasteiger partial charge in [-0.3, -0.25) is 0 Å². The first-order valence-corrected chi connectivity index (χ1v) is 13.1. The Morgan fingerprint density at radius 1 is 0.607 bits per heavy atom. The van der Waals surface area contributed by atoms with Crippen LogP contribution in [0.4, 0.5) is 0 Å². The second-order valence-electron chi connectivity index (χ2n) is 10.6. The molecule has 0 aliphatic heterocycles. The largest absolute Gasteiger partial charge is 0.0914 e. The van der Waals surface area contributed by atoms with Crippen molar-refractivity contribution < 1.29 is 0 Å². The molecule has 3 aliphatic rings. The second-order valence-corrected chi connectivity index (χ2v) is 10.6. The molecule has 0 aromatic rings. The van der Waals surface area contributed by atoms with Gasteiger partial charge < -0.3 is 0 Å². The Labute approximate surface area is 176 Å². The Hall–Kier alpha value is -0.520. The van der Waals surface area contributed by atoms with E-state index in [0.29, 0.717) is 0 Å². The Balaban J connectivity index is 1.26. The van der Waals surface area contributed by atoms with E-state index in [2.05, 4.69) is 38.2 Å². The fraction of sp³-hybridized carbons (Fsp3) is 0.857. The zero-order chi connectivity index (χ0) is 19.6. The van der Waals surface area contributed by atoms with Gasteiger partial charge in [0.05, 0.1) is 0 Å². The molecule has 0 heteroatoms. The molecule has 0 N–H and O–H groups in total. The van der Waals surface area contributed by atoms with E-state index in [1.54, 1.807) is 38.5 Å². The van der Waals surface area contributed by atoms with Crippen molar-refractivity contribution in [2.45, 2.75) is 117 Å². The van der Waals surface area contributed by atoms with Crippen LogP contribution in [0.2, 0.25) is 0 Å². The minimum atomic E-state index is 0.867. The van der Waals surface area contributed by atoms with Crippen LogP contribution in [0, 0.1) is 35.5 Å². The number of hydrogen-bond acceptors (Lipinski definition) is 0. The average Bonchev–Trinajstić information content (AvgIpc) is 2.74. The predicted molar refractivity (Wildman–Crippen MR) is 124 cm³/mol. The summed E-state index contributed by atoms with van der Waals surface area (Å²) >= 11 is 0. The van der Waals surface area contributed by atoms with Crippen LogP contribution in [0.25, 0.3) is 0 Å². The summed E-state index contributed by atoms with van der Waals surface area (Å²) in [6, 6.07) is 0. The van der Waals surface area contributed by atoms with Crippen LogP contribution in [-0.4, -0.2) is 0 Å². The fourth-order valence-electron chi connectivity index (χ4n) is 6.73. The van der Waals surface area contributed by atoms with Crippen LogP contribution in [0.1, 0.15) is 117 Å². The van der Waals surface area contributed by atoms with Gasteiger partial charge in [0.1, 0.15) is 0 Å². The SMILES string of the molecule is C/C=C/C1CCC(/C=C/CCC2CCC(C3CCC(CCC)CC3)CC2)CC1. The summed E-state index contributed by atoms with van der Waals surface area (Å²) in [6.45, 7) is 4.52. The van der Waals surface area contributed by atoms with E-state index in [4.69, 9.17) is 0 Å². The Bertz CT molecular complexity index is 448. The van der Waals surface area contributed by atoms with Gasteiger partial charge in [-0.15, -0.1) is 0 Å². The van der Waals surface area contributed by atoms with Crippen LogP contribution in [0.15, 0.2) is 24.3 Å². The molecule has 28 heavy (non-hydrogen) atoms. The third-order valence-corrected chi connectivity index (χ3v) is 8.58. The molecule has 0 bridgehead atoms. The summed E-state index contributed by atoms with van der Waals surface area (Å²) in [5.74, 6) is 6.02. The zero-order valence-electron chi connectivity index (χ0n) is 19.1. The van der Waals surface area contributed by atoms with Crippen LogP contribution >= 0.6 is 0 Å². The smallest absolute Gasteiger partial charge is 0.0233 e. The van der Waals surface area contributed by atoms with E-state index in [1.807, 2.05) is 0 Å². The first-order chi connectivity index (χ1) is 13.8. The predicted octanol–water partition coefficient (Wildman–Crippen LogP) is 9.12. The quantitative estimate of drug-likeness (QED) is 0.366. The topological polar surface area (TPSA) is 0 Å². The first kappa shape index (κ1) is 22.2. The van der Waals surface area contributed by atoms with E-state index >= 15 is 0 Å². The highest BCUT2D eigenvalue weighted by Crippen LogP contribution is 2.43. The second kappa shape index (κ2) is 12.2. The highest BCUT2D eigenvalue weighted by molar-refractivity contribution is 4.95. The van der Waals surface area contributed by atoms with Gasteiger partial charge in [0.25, 0.3) is 0 Å². The molecule has 160 valence electrons. The summed E-state index contributed by atoms with van der Waals surface area (Å²) in [4.78, 5) is 0. The van der Waals surface area contributed by atoms with Crippen molar-refractivity contribution >= 4 is 0 Å². The van der Waals surface area contributed by atoms with Crippen molar-refractivity contribution in [3.8, 4) is 0 Å². The van der Waals surface area contributed by atoms with Crippen LogP contribution in [0.5, 0.6) is 0 Å². The molecule has 0 amide bonds. The molecule has 0 unspecified atom stereocenters. The van der Waals surface area contributed by atoms with E-state index in [9.17, 15) is 0 Å². The lowest BCUT2D eigenvalue weighted by Gasteiger charge is -2.38. The molecule has 0 atom stereocenters. The third-order valence-electron chi connectivity index (χ3n) is 8.58. The monoisotopic (exact) mass is 384 g/mol. The molecule has 3 rings (SSSR count). The molecule has 0 radical (unpaired) electrons. The highest BCUT2D eigenvalue weighted by atomic mass is 14.4. The number of rotatable bonds is 8. The Morgan fingerprint density at radius 3 is 1.61 bits per heavy atom. The minimum Gasteiger partial charge on any atom is -0.0914 e. The van der Waals surface area contributed by atoms with Crippen molar-refractivity contribution in [2.24, 2.45) is 35.5 Å². The summed E-state index contributed by atoms with van der Waals surface area (Å²) in [5.41, 5.74) is 0. The van der Waals surface area contributed by atoms with Crippen molar-refractivity contribution in [1.82, 2.24) is 0 Å². The molecule has 0 heterocycles. The summed E-state index contributed by atoms with van der Waals surface area (Å²) < 4.78 is 0. The summed E-state index contributed by atoms with van der Waals surface area (Å²) in [6.07, 6.45) is 33.5. The Morgan fingerprint density at radius 2 is 1.11 bits per heavy atom. The molecule has 0 aromatic heterocycles. The van der Waals surface area contributed by atoms with Crippen LogP contribution in [-0.2, 0) is 0 Å². The van der Waals surface area contributed by atoms with Crippen molar-refractivity contribution in [2.75, 3.05) is 0 Å². The van der Waals surface area contributed by atoms with E-state index in [1.165, 1.54) is 64.2 Å². The van der Waals surface area contributed by atoms with Gasteiger partial charge in [-0.05, 0) is 107 Å². The van der Waals surface area contributed by atoms with Gasteiger partial charge in [0, 0.05) is 0 Å². The molecule has 3 saturated carbocycles. The lowest BCUT2D eigenvalue weighted by Crippen LogP contribution is -2.25. The molecule has 3 aliphatic carbocycles. The molecule has 0 nitrogen and oxygen atoms in total. The molecule has 0 saturated heterocycles.